The molecule has 1 aliphatic rings. The van der Waals surface area contributed by atoms with Gasteiger partial charge in [-0.1, -0.05) is 19.1 Å². The Morgan fingerprint density at radius 1 is 1.27 bits per heavy atom. The predicted molar refractivity (Wildman–Crippen MR) is 127 cm³/mol. The molecule has 1 aromatic carbocycles. The molecule has 30 heavy (non-hydrogen) atoms. The van der Waals surface area contributed by atoms with E-state index in [0.717, 1.165) is 36.4 Å². The van der Waals surface area contributed by atoms with Crippen LogP contribution in [0.3, 0.4) is 0 Å². The van der Waals surface area contributed by atoms with Crippen LogP contribution in [-0.2, 0) is 19.4 Å². The van der Waals surface area contributed by atoms with Crippen molar-refractivity contribution in [3.8, 4) is 5.75 Å². The first-order valence-corrected chi connectivity index (χ1v) is 12.2. The summed E-state index contributed by atoms with van der Waals surface area (Å²) in [4.78, 5) is 16.1. The molecule has 158 valence electrons. The Bertz CT molecular complexity index is 1040. The smallest absolute Gasteiger partial charge is 0.259 e. The molecule has 0 radical (unpaired) electrons. The summed E-state index contributed by atoms with van der Waals surface area (Å²) in [5.74, 6) is 1.31. The number of anilines is 2. The lowest BCUT2D eigenvalue weighted by atomic mass is 9.88. The van der Waals surface area contributed by atoms with E-state index in [2.05, 4.69) is 35.9 Å². The Morgan fingerprint density at radius 2 is 2.10 bits per heavy atom. The summed E-state index contributed by atoms with van der Waals surface area (Å²) in [6.07, 6.45) is 3.14. The number of carbonyl (C=O) groups excluding carboxylic acids is 1. The molecule has 0 saturated heterocycles. The first kappa shape index (κ1) is 20.9. The molecule has 1 aliphatic carbocycles. The number of carbonyl (C=O) groups is 1. The third kappa shape index (κ3) is 4.40. The molecule has 4 rings (SSSR count). The number of amides is 1. The van der Waals surface area contributed by atoms with Gasteiger partial charge in [-0.15, -0.1) is 22.7 Å². The van der Waals surface area contributed by atoms with Gasteiger partial charge in [-0.3, -0.25) is 4.79 Å². The van der Waals surface area contributed by atoms with Crippen LogP contribution < -0.4 is 15.4 Å². The van der Waals surface area contributed by atoms with Crippen molar-refractivity contribution in [3.05, 3.63) is 62.2 Å². The summed E-state index contributed by atoms with van der Waals surface area (Å²) in [7, 11) is 0. The van der Waals surface area contributed by atoms with E-state index in [1.54, 1.807) is 22.7 Å². The number of hydrogen-bond acceptors (Lipinski definition) is 5. The maximum absolute atomic E-state index is 13.4. The lowest BCUT2D eigenvalue weighted by Gasteiger charge is -2.19. The molecule has 0 bridgehead atoms. The highest BCUT2D eigenvalue weighted by molar-refractivity contribution is 7.16. The summed E-state index contributed by atoms with van der Waals surface area (Å²) in [6, 6.07) is 9.77. The number of rotatable bonds is 7. The lowest BCUT2D eigenvalue weighted by molar-refractivity contribution is 0.102. The molecule has 1 amide bonds. The van der Waals surface area contributed by atoms with Crippen molar-refractivity contribution in [2.24, 2.45) is 5.92 Å². The van der Waals surface area contributed by atoms with Crippen LogP contribution in [-0.4, -0.2) is 12.5 Å². The molecule has 2 aromatic heterocycles. The molecular formula is C24H28N2O2S2. The highest BCUT2D eigenvalue weighted by Crippen LogP contribution is 2.40. The van der Waals surface area contributed by atoms with Crippen LogP contribution in [0.5, 0.6) is 5.75 Å². The number of aryl methyl sites for hydroxylation is 1. The average molecular weight is 441 g/mol. The van der Waals surface area contributed by atoms with E-state index in [9.17, 15) is 4.79 Å². The average Bonchev–Trinajstić information content (AvgIpc) is 3.30. The Morgan fingerprint density at radius 3 is 2.87 bits per heavy atom. The quantitative estimate of drug-likeness (QED) is 0.440. The van der Waals surface area contributed by atoms with E-state index in [1.807, 2.05) is 31.2 Å². The Balaban J connectivity index is 1.63. The van der Waals surface area contributed by atoms with Gasteiger partial charge in [0.05, 0.1) is 24.4 Å². The highest BCUT2D eigenvalue weighted by Gasteiger charge is 2.28. The van der Waals surface area contributed by atoms with E-state index < -0.39 is 0 Å². The number of ether oxygens (including phenoxy) is 1. The molecule has 2 heterocycles. The van der Waals surface area contributed by atoms with E-state index in [4.69, 9.17) is 4.74 Å². The molecule has 0 fully saturated rings. The third-order valence-electron chi connectivity index (χ3n) is 5.55. The first-order chi connectivity index (χ1) is 14.6. The van der Waals surface area contributed by atoms with Crippen molar-refractivity contribution in [1.29, 1.82) is 0 Å². The topological polar surface area (TPSA) is 50.4 Å². The van der Waals surface area contributed by atoms with Gasteiger partial charge in [-0.05, 0) is 73.7 Å². The summed E-state index contributed by atoms with van der Waals surface area (Å²) in [5.41, 5.74) is 4.03. The molecule has 2 N–H and O–H groups in total. The molecule has 0 saturated carbocycles. The lowest BCUT2D eigenvalue weighted by Crippen LogP contribution is -2.18. The van der Waals surface area contributed by atoms with Crippen LogP contribution in [0, 0.1) is 12.8 Å². The molecule has 0 aliphatic heterocycles. The molecule has 1 atom stereocenters. The second-order valence-corrected chi connectivity index (χ2v) is 9.93. The van der Waals surface area contributed by atoms with Crippen molar-refractivity contribution >= 4 is 39.3 Å². The largest absolute Gasteiger partial charge is 0.492 e. The molecule has 0 spiro atoms. The maximum Gasteiger partial charge on any atom is 0.259 e. The van der Waals surface area contributed by atoms with Crippen molar-refractivity contribution in [3.63, 3.8) is 0 Å². The number of nitrogens with one attached hydrogen (secondary N) is 2. The second-order valence-electron chi connectivity index (χ2n) is 7.82. The standard InChI is InChI=1S/C24H28N2O2S2/c1-4-28-19-8-6-5-7-18(19)26-23(27)22-17-10-9-15(2)13-20(17)30-24(22)25-14-21-16(3)11-12-29-21/h5-8,11-12,15,25H,4,9-10,13-14H2,1-3H3,(H,26,27)/t15-/m0/s1. The van der Waals surface area contributed by atoms with Crippen LogP contribution >= 0.6 is 22.7 Å². The van der Waals surface area contributed by atoms with Crippen LogP contribution in [0.1, 0.15) is 51.5 Å². The normalized spacial score (nSPS) is 15.5. The first-order valence-electron chi connectivity index (χ1n) is 10.5. The fourth-order valence-electron chi connectivity index (χ4n) is 3.90. The van der Waals surface area contributed by atoms with Crippen molar-refractivity contribution < 1.29 is 9.53 Å². The van der Waals surface area contributed by atoms with Gasteiger partial charge in [-0.2, -0.15) is 0 Å². The van der Waals surface area contributed by atoms with Gasteiger partial charge in [0.2, 0.25) is 0 Å². The number of fused-ring (bicyclic) bond motifs is 1. The molecule has 0 unspecified atom stereocenters. The number of thiophene rings is 2. The van der Waals surface area contributed by atoms with Gasteiger partial charge in [-0.25, -0.2) is 0 Å². The highest BCUT2D eigenvalue weighted by atomic mass is 32.1. The zero-order valence-corrected chi connectivity index (χ0v) is 19.3. The summed E-state index contributed by atoms with van der Waals surface area (Å²) < 4.78 is 5.70. The minimum absolute atomic E-state index is 0.0559. The molecule has 6 heteroatoms. The predicted octanol–water partition coefficient (Wildman–Crippen LogP) is 6.51. The fourth-order valence-corrected chi connectivity index (χ4v) is 6.15. The minimum atomic E-state index is -0.0559. The van der Waals surface area contributed by atoms with Crippen molar-refractivity contribution in [2.45, 2.75) is 46.6 Å². The summed E-state index contributed by atoms with van der Waals surface area (Å²) >= 11 is 3.50. The third-order valence-corrected chi connectivity index (χ3v) is 7.79. The minimum Gasteiger partial charge on any atom is -0.492 e. The van der Waals surface area contributed by atoms with Gasteiger partial charge in [0, 0.05) is 9.75 Å². The van der Waals surface area contributed by atoms with E-state index >= 15 is 0 Å². The van der Waals surface area contributed by atoms with E-state index in [-0.39, 0.29) is 5.91 Å². The second kappa shape index (κ2) is 9.23. The van der Waals surface area contributed by atoms with Gasteiger partial charge in [0.25, 0.3) is 5.91 Å². The van der Waals surface area contributed by atoms with Crippen molar-refractivity contribution in [2.75, 3.05) is 17.2 Å². The number of hydrogen-bond donors (Lipinski definition) is 2. The van der Waals surface area contributed by atoms with Gasteiger partial charge < -0.3 is 15.4 Å². The zero-order chi connectivity index (χ0) is 21.1. The van der Waals surface area contributed by atoms with E-state index in [1.165, 1.54) is 20.9 Å². The van der Waals surface area contributed by atoms with Crippen LogP contribution in [0.25, 0.3) is 0 Å². The van der Waals surface area contributed by atoms with Gasteiger partial charge in [0.15, 0.2) is 0 Å². The van der Waals surface area contributed by atoms with Crippen LogP contribution in [0.2, 0.25) is 0 Å². The van der Waals surface area contributed by atoms with Crippen molar-refractivity contribution in [1.82, 2.24) is 0 Å². The van der Waals surface area contributed by atoms with E-state index in [0.29, 0.717) is 24.0 Å². The Labute approximate surface area is 186 Å². The summed E-state index contributed by atoms with van der Waals surface area (Å²) in [6.45, 7) is 7.68. The maximum atomic E-state index is 13.4. The zero-order valence-electron chi connectivity index (χ0n) is 17.7. The molecule has 4 nitrogen and oxygen atoms in total. The summed E-state index contributed by atoms with van der Waals surface area (Å²) in [5, 5.41) is 9.78. The van der Waals surface area contributed by atoms with Crippen LogP contribution in [0.15, 0.2) is 35.7 Å². The molecular weight excluding hydrogens is 412 g/mol. The van der Waals surface area contributed by atoms with Crippen LogP contribution in [0.4, 0.5) is 10.7 Å². The Hall–Kier alpha value is -2.31. The number of benzene rings is 1. The monoisotopic (exact) mass is 440 g/mol. The SMILES string of the molecule is CCOc1ccccc1NC(=O)c1c(NCc2sccc2C)sc2c1CC[C@H](C)C2. The molecule has 3 aromatic rings. The Kier molecular flexibility index (Phi) is 6.44. The number of para-hydroxylation sites is 2. The van der Waals surface area contributed by atoms with Gasteiger partial charge in [0.1, 0.15) is 10.8 Å². The fraction of sp³-hybridized carbons (Fsp3) is 0.375. The van der Waals surface area contributed by atoms with Gasteiger partial charge >= 0.3 is 0 Å².